The molecule has 1 heterocycles. The van der Waals surface area contributed by atoms with Crippen molar-refractivity contribution in [2.45, 2.75) is 12.8 Å². The van der Waals surface area contributed by atoms with Crippen LogP contribution in [-0.4, -0.2) is 21.0 Å². The Bertz CT molecular complexity index is 525. The van der Waals surface area contributed by atoms with E-state index in [9.17, 15) is 28.5 Å². The number of nitrogens with zero attached hydrogens (tertiary/aromatic N) is 1. The van der Waals surface area contributed by atoms with Crippen molar-refractivity contribution in [3.63, 3.8) is 0 Å². The zero-order valence-corrected chi connectivity index (χ0v) is 8.15. The fraction of sp³-hybridized carbons (Fsp3) is 0.250. The molecule has 0 amide bonds. The number of pyridine rings is 1. The second kappa shape index (κ2) is 4.68. The normalized spacial score (nSPS) is 10.5. The number of hydrogen-bond acceptors (Lipinski definition) is 4. The second-order valence-corrected chi connectivity index (χ2v) is 3.05. The molecule has 0 radical (unpaired) electrons. The minimum Gasteiger partial charge on any atom is -0.481 e. The number of nitrogens with one attached hydrogen (secondary N) is 1. The number of nitro groups is 1. The second-order valence-electron chi connectivity index (χ2n) is 3.05. The van der Waals surface area contributed by atoms with E-state index < -0.39 is 46.2 Å². The molecule has 1 aromatic heterocycles. The molecule has 0 spiro atoms. The van der Waals surface area contributed by atoms with Crippen molar-refractivity contribution in [3.05, 3.63) is 37.8 Å². The SMILES string of the molecule is O=C(O)Cc1c([N+](=O)[O-])cc(C(F)F)[nH]c1=O. The monoisotopic (exact) mass is 248 g/mol. The molecule has 0 saturated carbocycles. The van der Waals surface area contributed by atoms with Gasteiger partial charge in [-0.1, -0.05) is 0 Å². The Morgan fingerprint density at radius 3 is 2.59 bits per heavy atom. The van der Waals surface area contributed by atoms with Crippen LogP contribution in [0.1, 0.15) is 17.7 Å². The molecule has 9 heteroatoms. The third-order valence-electron chi connectivity index (χ3n) is 1.89. The first-order valence-electron chi connectivity index (χ1n) is 4.23. The molecule has 1 rings (SSSR count). The molecule has 0 fully saturated rings. The van der Waals surface area contributed by atoms with Crippen LogP contribution in [0.25, 0.3) is 0 Å². The molecule has 92 valence electrons. The van der Waals surface area contributed by atoms with Crippen LogP contribution in [0, 0.1) is 10.1 Å². The summed E-state index contributed by atoms with van der Waals surface area (Å²) in [6.45, 7) is 0. The van der Waals surface area contributed by atoms with Crippen LogP contribution in [0.2, 0.25) is 0 Å². The summed E-state index contributed by atoms with van der Waals surface area (Å²) in [5.74, 6) is -1.47. The van der Waals surface area contributed by atoms with Gasteiger partial charge in [0.05, 0.1) is 17.0 Å². The predicted octanol–water partition coefficient (Wildman–Crippen LogP) is 0.848. The lowest BCUT2D eigenvalue weighted by Crippen LogP contribution is -2.20. The fourth-order valence-electron chi connectivity index (χ4n) is 1.20. The van der Waals surface area contributed by atoms with Gasteiger partial charge in [-0.2, -0.15) is 0 Å². The molecule has 7 nitrogen and oxygen atoms in total. The predicted molar refractivity (Wildman–Crippen MR) is 50.0 cm³/mol. The average molecular weight is 248 g/mol. The van der Waals surface area contributed by atoms with E-state index in [0.29, 0.717) is 6.07 Å². The number of aromatic amines is 1. The zero-order chi connectivity index (χ0) is 13.2. The Balaban J connectivity index is 3.44. The number of aliphatic carboxylic acids is 1. The number of alkyl halides is 2. The van der Waals surface area contributed by atoms with Gasteiger partial charge in [-0.25, -0.2) is 8.78 Å². The largest absolute Gasteiger partial charge is 0.481 e. The lowest BCUT2D eigenvalue weighted by molar-refractivity contribution is -0.385. The molecule has 2 N–H and O–H groups in total. The Kier molecular flexibility index (Phi) is 3.51. The maximum absolute atomic E-state index is 12.3. The number of hydrogen-bond donors (Lipinski definition) is 2. The van der Waals surface area contributed by atoms with Crippen LogP contribution in [0.5, 0.6) is 0 Å². The summed E-state index contributed by atoms with van der Waals surface area (Å²) in [5.41, 5.74) is -3.70. The first kappa shape index (κ1) is 12.7. The smallest absolute Gasteiger partial charge is 0.308 e. The first-order valence-corrected chi connectivity index (χ1v) is 4.23. The zero-order valence-electron chi connectivity index (χ0n) is 8.15. The van der Waals surface area contributed by atoms with Crippen LogP contribution in [0.15, 0.2) is 10.9 Å². The number of H-pyrrole nitrogens is 1. The van der Waals surface area contributed by atoms with Crippen molar-refractivity contribution in [1.29, 1.82) is 0 Å². The van der Waals surface area contributed by atoms with Gasteiger partial charge in [0.1, 0.15) is 5.56 Å². The van der Waals surface area contributed by atoms with Crippen molar-refractivity contribution in [1.82, 2.24) is 4.98 Å². The van der Waals surface area contributed by atoms with E-state index in [2.05, 4.69) is 0 Å². The summed E-state index contributed by atoms with van der Waals surface area (Å²) in [4.78, 5) is 32.8. The van der Waals surface area contributed by atoms with Crippen molar-refractivity contribution in [2.75, 3.05) is 0 Å². The molecule has 0 saturated heterocycles. The highest BCUT2D eigenvalue weighted by Gasteiger charge is 2.23. The topological polar surface area (TPSA) is 113 Å². The summed E-state index contributed by atoms with van der Waals surface area (Å²) in [6.07, 6.45) is -3.99. The van der Waals surface area contributed by atoms with Crippen LogP contribution >= 0.6 is 0 Å². The van der Waals surface area contributed by atoms with Gasteiger partial charge in [-0.15, -0.1) is 0 Å². The Labute approximate surface area is 91.8 Å². The third-order valence-corrected chi connectivity index (χ3v) is 1.89. The Morgan fingerprint density at radius 2 is 2.18 bits per heavy atom. The van der Waals surface area contributed by atoms with Gasteiger partial charge in [-0.05, 0) is 0 Å². The van der Waals surface area contributed by atoms with E-state index in [0.717, 1.165) is 0 Å². The molecule has 0 atom stereocenters. The summed E-state index contributed by atoms with van der Waals surface area (Å²) in [7, 11) is 0. The summed E-state index contributed by atoms with van der Waals surface area (Å²) < 4.78 is 24.6. The highest BCUT2D eigenvalue weighted by atomic mass is 19.3. The molecule has 0 aliphatic carbocycles. The molecule has 0 bridgehead atoms. The molecular weight excluding hydrogens is 242 g/mol. The van der Waals surface area contributed by atoms with Crippen molar-refractivity contribution in [3.8, 4) is 0 Å². The number of rotatable bonds is 4. The van der Waals surface area contributed by atoms with Gasteiger partial charge >= 0.3 is 5.97 Å². The van der Waals surface area contributed by atoms with E-state index in [-0.39, 0.29) is 0 Å². The van der Waals surface area contributed by atoms with Gasteiger partial charge in [0.15, 0.2) is 0 Å². The summed E-state index contributed by atoms with van der Waals surface area (Å²) >= 11 is 0. The first-order chi connectivity index (χ1) is 7.82. The van der Waals surface area contributed by atoms with Crippen LogP contribution in [-0.2, 0) is 11.2 Å². The fourth-order valence-corrected chi connectivity index (χ4v) is 1.20. The Hall–Kier alpha value is -2.32. The minimum atomic E-state index is -3.08. The van der Waals surface area contributed by atoms with Crippen molar-refractivity contribution < 1.29 is 23.6 Å². The quantitative estimate of drug-likeness (QED) is 0.605. The van der Waals surface area contributed by atoms with Crippen molar-refractivity contribution in [2.24, 2.45) is 0 Å². The molecule has 0 aliphatic rings. The lowest BCUT2D eigenvalue weighted by atomic mass is 10.1. The maximum atomic E-state index is 12.3. The molecule has 1 aromatic rings. The van der Waals surface area contributed by atoms with Gasteiger partial charge < -0.3 is 10.1 Å². The van der Waals surface area contributed by atoms with Crippen LogP contribution in [0.3, 0.4) is 0 Å². The molecule has 17 heavy (non-hydrogen) atoms. The summed E-state index contributed by atoms with van der Waals surface area (Å²) in [6, 6.07) is 0.463. The maximum Gasteiger partial charge on any atom is 0.308 e. The average Bonchev–Trinajstić information content (AvgIpc) is 2.19. The number of carboxylic acids is 1. The van der Waals surface area contributed by atoms with Crippen molar-refractivity contribution >= 4 is 11.7 Å². The Morgan fingerprint density at radius 1 is 1.59 bits per heavy atom. The number of carboxylic acid groups (broad SMARTS) is 1. The van der Waals surface area contributed by atoms with Crippen LogP contribution in [0.4, 0.5) is 14.5 Å². The van der Waals surface area contributed by atoms with E-state index in [1.807, 2.05) is 0 Å². The van der Waals surface area contributed by atoms with E-state index in [1.165, 1.54) is 0 Å². The van der Waals surface area contributed by atoms with E-state index in [4.69, 9.17) is 5.11 Å². The third kappa shape index (κ3) is 2.83. The number of aromatic nitrogens is 1. The molecule has 0 unspecified atom stereocenters. The highest BCUT2D eigenvalue weighted by molar-refractivity contribution is 5.71. The van der Waals surface area contributed by atoms with Crippen LogP contribution < -0.4 is 5.56 Å². The highest BCUT2D eigenvalue weighted by Crippen LogP contribution is 2.22. The van der Waals surface area contributed by atoms with Gasteiger partial charge in [0.2, 0.25) is 0 Å². The van der Waals surface area contributed by atoms with Gasteiger partial charge in [-0.3, -0.25) is 19.7 Å². The lowest BCUT2D eigenvalue weighted by Gasteiger charge is -2.03. The van der Waals surface area contributed by atoms with E-state index in [1.54, 1.807) is 4.98 Å². The number of carbonyl (C=O) groups is 1. The number of halogens is 2. The summed E-state index contributed by atoms with van der Waals surface area (Å²) in [5, 5.41) is 19.0. The standard InChI is InChI=1S/C8H6F2N2O5/c9-7(10)4-2-5(12(16)17)3(1-6(13)14)8(15)11-4/h2,7H,1H2,(H,11,15)(H,13,14). The minimum absolute atomic E-state index is 0.463. The van der Waals surface area contributed by atoms with Gasteiger partial charge in [0.25, 0.3) is 17.7 Å². The van der Waals surface area contributed by atoms with E-state index >= 15 is 0 Å². The van der Waals surface area contributed by atoms with Gasteiger partial charge in [0, 0.05) is 6.07 Å². The molecule has 0 aliphatic heterocycles. The molecular formula is C8H6F2N2O5. The molecule has 0 aromatic carbocycles.